The number of nitrogens with zero attached hydrogens (tertiary/aromatic N) is 2. The molecule has 2 atom stereocenters. The Morgan fingerprint density at radius 2 is 2.12 bits per heavy atom. The number of rotatable bonds is 12. The Kier molecular flexibility index (Phi) is 8.44. The maximum Gasteiger partial charge on any atom is 0.237 e. The second-order valence-electron chi connectivity index (χ2n) is 8.56. The number of amides is 1. The van der Waals surface area contributed by atoms with Gasteiger partial charge in [-0.2, -0.15) is 0 Å². The van der Waals surface area contributed by atoms with Gasteiger partial charge in [0.2, 0.25) is 5.91 Å². The van der Waals surface area contributed by atoms with E-state index in [1.165, 1.54) is 10.4 Å². The third-order valence-electron chi connectivity index (χ3n) is 6.03. The van der Waals surface area contributed by atoms with Gasteiger partial charge in [-0.05, 0) is 60.5 Å². The van der Waals surface area contributed by atoms with Crippen LogP contribution in [0.5, 0.6) is 5.75 Å². The van der Waals surface area contributed by atoms with Crippen LogP contribution in [-0.4, -0.2) is 72.4 Å². The molecular formula is C25H31ClN2O4S. The van der Waals surface area contributed by atoms with Crippen LogP contribution in [0.4, 0.5) is 0 Å². The Hall–Kier alpha value is -1.90. The summed E-state index contributed by atoms with van der Waals surface area (Å²) in [4.78, 5) is 18.8. The molecule has 0 saturated heterocycles. The molecule has 1 saturated carbocycles. The minimum atomic E-state index is -0.632. The number of hydrogen-bond acceptors (Lipinski definition) is 6. The van der Waals surface area contributed by atoms with E-state index in [9.17, 15) is 9.90 Å². The lowest BCUT2D eigenvalue weighted by Gasteiger charge is -2.37. The molecule has 8 heteroatoms. The third kappa shape index (κ3) is 6.58. The van der Waals surface area contributed by atoms with Crippen molar-refractivity contribution in [1.82, 2.24) is 9.80 Å². The van der Waals surface area contributed by atoms with Crippen LogP contribution in [-0.2, 0) is 16.0 Å². The quantitative estimate of drug-likeness (QED) is 0.361. The minimum absolute atomic E-state index is 0.0719. The zero-order chi connectivity index (χ0) is 23.2. The monoisotopic (exact) mass is 490 g/mol. The molecule has 33 heavy (non-hydrogen) atoms. The van der Waals surface area contributed by atoms with E-state index < -0.39 is 6.10 Å². The van der Waals surface area contributed by atoms with Crippen LogP contribution in [0.1, 0.15) is 29.3 Å². The number of thiophene rings is 1. The fourth-order valence-electron chi connectivity index (χ4n) is 4.24. The molecule has 1 aromatic carbocycles. The third-order valence-corrected chi connectivity index (χ3v) is 7.28. The highest BCUT2D eigenvalue weighted by Crippen LogP contribution is 2.35. The number of ether oxygens (including phenoxy) is 2. The highest BCUT2D eigenvalue weighted by molar-refractivity contribution is 7.10. The molecule has 1 aliphatic heterocycles. The van der Waals surface area contributed by atoms with Gasteiger partial charge in [0.05, 0.1) is 31.9 Å². The molecule has 2 heterocycles. The molecule has 1 amide bonds. The van der Waals surface area contributed by atoms with Gasteiger partial charge in [0.25, 0.3) is 0 Å². The second kappa shape index (κ2) is 11.5. The van der Waals surface area contributed by atoms with Gasteiger partial charge in [-0.3, -0.25) is 9.69 Å². The zero-order valence-corrected chi connectivity index (χ0v) is 20.3. The molecule has 6 nitrogen and oxygen atoms in total. The molecular weight excluding hydrogens is 460 g/mol. The Morgan fingerprint density at radius 3 is 2.85 bits per heavy atom. The van der Waals surface area contributed by atoms with Crippen LogP contribution < -0.4 is 4.74 Å². The van der Waals surface area contributed by atoms with Gasteiger partial charge in [0, 0.05) is 29.0 Å². The highest BCUT2D eigenvalue weighted by atomic mass is 35.5. The lowest BCUT2D eigenvalue weighted by molar-refractivity contribution is -0.136. The van der Waals surface area contributed by atoms with E-state index in [4.69, 9.17) is 21.1 Å². The average Bonchev–Trinajstić information content (AvgIpc) is 3.55. The molecule has 1 fully saturated rings. The Balaban J connectivity index is 1.41. The number of benzene rings is 1. The van der Waals surface area contributed by atoms with Gasteiger partial charge in [-0.1, -0.05) is 17.7 Å². The zero-order valence-electron chi connectivity index (χ0n) is 18.7. The van der Waals surface area contributed by atoms with Crippen LogP contribution in [0, 0.1) is 0 Å². The summed E-state index contributed by atoms with van der Waals surface area (Å²) in [6, 6.07) is 9.61. The van der Waals surface area contributed by atoms with E-state index >= 15 is 0 Å². The average molecular weight is 491 g/mol. The molecule has 0 radical (unpaired) electrons. The normalized spacial score (nSPS) is 18.8. The number of carbonyl (C=O) groups is 1. The van der Waals surface area contributed by atoms with Crippen molar-refractivity contribution in [3.8, 4) is 5.75 Å². The fourth-order valence-corrected chi connectivity index (χ4v) is 5.29. The lowest BCUT2D eigenvalue weighted by atomic mass is 10.0. The molecule has 2 aromatic rings. The number of hydrogen-bond donors (Lipinski definition) is 1. The van der Waals surface area contributed by atoms with Crippen LogP contribution in [0.2, 0.25) is 5.02 Å². The van der Waals surface area contributed by atoms with E-state index in [0.717, 1.165) is 25.0 Å². The molecule has 2 aliphatic rings. The van der Waals surface area contributed by atoms with Crippen LogP contribution in [0.3, 0.4) is 0 Å². The number of aliphatic hydroxyl groups is 1. The summed E-state index contributed by atoms with van der Waals surface area (Å²) in [6.07, 6.45) is 4.01. The molecule has 1 N–H and O–H groups in total. The summed E-state index contributed by atoms with van der Waals surface area (Å²) in [5.74, 6) is 0.805. The Labute approximate surface area is 204 Å². The van der Waals surface area contributed by atoms with Crippen molar-refractivity contribution in [2.75, 3.05) is 39.5 Å². The van der Waals surface area contributed by atoms with Crippen molar-refractivity contribution >= 4 is 28.8 Å². The summed E-state index contributed by atoms with van der Waals surface area (Å²) in [5, 5.41) is 13.1. The molecule has 1 aromatic heterocycles. The molecule has 0 unspecified atom stereocenters. The topological polar surface area (TPSA) is 62.2 Å². The second-order valence-corrected chi connectivity index (χ2v) is 9.99. The van der Waals surface area contributed by atoms with Crippen LogP contribution in [0.15, 0.2) is 48.4 Å². The smallest absolute Gasteiger partial charge is 0.237 e. The Bertz CT molecular complexity index is 931. The summed E-state index contributed by atoms with van der Waals surface area (Å²) < 4.78 is 11.4. The Morgan fingerprint density at radius 1 is 1.33 bits per heavy atom. The van der Waals surface area contributed by atoms with E-state index in [1.54, 1.807) is 29.5 Å². The summed E-state index contributed by atoms with van der Waals surface area (Å²) >= 11 is 7.72. The van der Waals surface area contributed by atoms with Crippen molar-refractivity contribution in [2.45, 2.75) is 37.5 Å². The largest absolute Gasteiger partial charge is 0.491 e. The van der Waals surface area contributed by atoms with Crippen molar-refractivity contribution in [2.24, 2.45) is 0 Å². The van der Waals surface area contributed by atoms with E-state index in [0.29, 0.717) is 43.9 Å². The number of aliphatic hydroxyl groups excluding tert-OH is 1. The summed E-state index contributed by atoms with van der Waals surface area (Å²) in [5.41, 5.74) is 1.17. The van der Waals surface area contributed by atoms with Crippen molar-refractivity contribution in [3.63, 3.8) is 0 Å². The van der Waals surface area contributed by atoms with E-state index in [2.05, 4.69) is 22.9 Å². The van der Waals surface area contributed by atoms with Crippen LogP contribution >= 0.6 is 22.9 Å². The number of carbonyl (C=O) groups excluding carboxylic acids is 1. The first kappa shape index (κ1) is 24.2. The number of fused-ring (bicyclic) bond motifs is 1. The van der Waals surface area contributed by atoms with Crippen molar-refractivity contribution in [3.05, 3.63) is 63.8 Å². The first-order valence-corrected chi connectivity index (χ1v) is 12.7. The van der Waals surface area contributed by atoms with Crippen molar-refractivity contribution in [1.29, 1.82) is 0 Å². The molecule has 1 aliphatic carbocycles. The minimum Gasteiger partial charge on any atom is -0.491 e. The van der Waals surface area contributed by atoms with Gasteiger partial charge in [-0.15, -0.1) is 17.9 Å². The fraction of sp³-hybridized carbons (Fsp3) is 0.480. The van der Waals surface area contributed by atoms with Crippen LogP contribution in [0.25, 0.3) is 0 Å². The van der Waals surface area contributed by atoms with E-state index in [-0.39, 0.29) is 18.6 Å². The predicted octanol–water partition coefficient (Wildman–Crippen LogP) is 3.93. The predicted molar refractivity (Wildman–Crippen MR) is 131 cm³/mol. The van der Waals surface area contributed by atoms with E-state index in [1.807, 2.05) is 17.0 Å². The molecule has 0 spiro atoms. The lowest BCUT2D eigenvalue weighted by Crippen LogP contribution is -2.48. The van der Waals surface area contributed by atoms with Gasteiger partial charge >= 0.3 is 0 Å². The summed E-state index contributed by atoms with van der Waals surface area (Å²) in [7, 11) is 0. The van der Waals surface area contributed by atoms with Gasteiger partial charge in [0.15, 0.2) is 0 Å². The van der Waals surface area contributed by atoms with Gasteiger partial charge < -0.3 is 19.5 Å². The van der Waals surface area contributed by atoms with Crippen molar-refractivity contribution < 1.29 is 19.4 Å². The first-order chi connectivity index (χ1) is 16.0. The van der Waals surface area contributed by atoms with Gasteiger partial charge in [0.1, 0.15) is 12.4 Å². The summed E-state index contributed by atoms with van der Waals surface area (Å²) in [6.45, 7) is 6.05. The maximum atomic E-state index is 13.5. The maximum absolute atomic E-state index is 13.5. The SMILES string of the molecule is C=CCOC[C@H](O)CN(CC(=O)N1CCc2sccc2[C@H]1COc1ccc(Cl)cc1)C1CC1. The van der Waals surface area contributed by atoms with Gasteiger partial charge in [-0.25, -0.2) is 0 Å². The molecule has 0 bridgehead atoms. The standard InChI is InChI=1S/C25H31ClN2O4S/c1-2-12-31-16-20(29)14-27(19-5-6-19)15-25(30)28-11-9-24-22(10-13-33-24)23(28)17-32-21-7-3-18(26)4-8-21/h2-4,7-8,10,13,19-20,23,29H,1,5-6,9,11-12,14-17H2/t20-,23-/m1/s1. The molecule has 178 valence electrons. The number of halogens is 1. The highest BCUT2D eigenvalue weighted by Gasteiger charge is 2.36. The first-order valence-electron chi connectivity index (χ1n) is 11.4. The molecule has 4 rings (SSSR count).